The predicted octanol–water partition coefficient (Wildman–Crippen LogP) is 2.25. The van der Waals surface area contributed by atoms with Crippen LogP contribution in [-0.4, -0.2) is 72.4 Å². The number of morpholine rings is 1. The van der Waals surface area contributed by atoms with E-state index in [1.165, 1.54) is 12.1 Å². The van der Waals surface area contributed by atoms with Crippen LogP contribution in [0.15, 0.2) is 24.3 Å². The lowest BCUT2D eigenvalue weighted by molar-refractivity contribution is -0.137. The maximum atomic E-state index is 12.9. The summed E-state index contributed by atoms with van der Waals surface area (Å²) in [6, 6.07) is 4.68. The molecule has 1 aromatic rings. The predicted molar refractivity (Wildman–Crippen MR) is 95.7 cm³/mol. The number of aliphatic hydroxyl groups is 1. The highest BCUT2D eigenvalue weighted by Crippen LogP contribution is 2.39. The second kappa shape index (κ2) is 7.65. The summed E-state index contributed by atoms with van der Waals surface area (Å²) in [7, 11) is 0. The Kier molecular flexibility index (Phi) is 5.37. The lowest BCUT2D eigenvalue weighted by atomic mass is 9.77. The number of carbonyl (C=O) groups is 1. The fourth-order valence-electron chi connectivity index (χ4n) is 4.89. The smallest absolute Gasteiger partial charge is 0.391 e. The minimum absolute atomic E-state index is 0.0637. The second-order valence-corrected chi connectivity index (χ2v) is 8.06. The van der Waals surface area contributed by atoms with Crippen molar-refractivity contribution >= 4 is 5.91 Å². The number of halogens is 3. The van der Waals surface area contributed by atoms with Crippen molar-refractivity contribution in [3.05, 3.63) is 35.4 Å². The largest absolute Gasteiger partial charge is 0.416 e. The van der Waals surface area contributed by atoms with E-state index in [4.69, 9.17) is 4.74 Å². The van der Waals surface area contributed by atoms with Gasteiger partial charge in [-0.2, -0.15) is 13.2 Å². The zero-order valence-corrected chi connectivity index (χ0v) is 15.6. The van der Waals surface area contributed by atoms with Gasteiger partial charge >= 0.3 is 6.18 Å². The van der Waals surface area contributed by atoms with Crippen LogP contribution in [0.2, 0.25) is 0 Å². The molecule has 1 aromatic carbocycles. The van der Waals surface area contributed by atoms with Crippen LogP contribution in [0.25, 0.3) is 0 Å². The van der Waals surface area contributed by atoms with E-state index >= 15 is 0 Å². The molecule has 0 unspecified atom stereocenters. The third-order valence-electron chi connectivity index (χ3n) is 6.35. The van der Waals surface area contributed by atoms with E-state index in [-0.39, 0.29) is 29.3 Å². The number of ether oxygens (including phenoxy) is 1. The number of alkyl halides is 3. The summed E-state index contributed by atoms with van der Waals surface area (Å²) < 4.78 is 44.2. The van der Waals surface area contributed by atoms with Crippen LogP contribution in [0.5, 0.6) is 0 Å². The number of carbonyl (C=O) groups excluding carboxylic acids is 1. The number of nitrogens with zero attached hydrogens (tertiary/aromatic N) is 2. The molecular weight excluding hydrogens is 373 g/mol. The van der Waals surface area contributed by atoms with Crippen molar-refractivity contribution in [3.63, 3.8) is 0 Å². The minimum Gasteiger partial charge on any atom is -0.391 e. The summed E-state index contributed by atoms with van der Waals surface area (Å²) in [5.74, 6) is 0.103. The van der Waals surface area contributed by atoms with Gasteiger partial charge < -0.3 is 14.7 Å². The Morgan fingerprint density at radius 3 is 2.46 bits per heavy atom. The third kappa shape index (κ3) is 3.90. The van der Waals surface area contributed by atoms with Gasteiger partial charge in [-0.1, -0.05) is 6.07 Å². The average molecular weight is 398 g/mol. The molecule has 4 atom stereocenters. The molecule has 3 aliphatic rings. The summed E-state index contributed by atoms with van der Waals surface area (Å²) in [6.07, 6.45) is -3.48. The number of hydrogen-bond donors (Lipinski definition) is 1. The fourth-order valence-corrected chi connectivity index (χ4v) is 4.89. The summed E-state index contributed by atoms with van der Waals surface area (Å²) >= 11 is 0. The van der Waals surface area contributed by atoms with E-state index < -0.39 is 17.8 Å². The zero-order valence-electron chi connectivity index (χ0n) is 15.6. The number of aliphatic hydroxyl groups excluding tert-OH is 1. The molecule has 0 bridgehead atoms. The number of fused-ring (bicyclic) bond motifs is 1. The number of rotatable bonds is 2. The molecule has 28 heavy (non-hydrogen) atoms. The monoisotopic (exact) mass is 398 g/mol. The lowest BCUT2D eigenvalue weighted by Gasteiger charge is -2.43. The molecule has 5 nitrogen and oxygen atoms in total. The molecule has 3 fully saturated rings. The van der Waals surface area contributed by atoms with E-state index in [0.29, 0.717) is 32.7 Å². The first-order valence-electron chi connectivity index (χ1n) is 9.79. The molecule has 4 rings (SSSR count). The van der Waals surface area contributed by atoms with Crippen molar-refractivity contribution in [1.82, 2.24) is 9.80 Å². The second-order valence-electron chi connectivity index (χ2n) is 8.06. The molecule has 2 aliphatic heterocycles. The highest BCUT2D eigenvalue weighted by Gasteiger charge is 2.45. The first-order valence-corrected chi connectivity index (χ1v) is 9.79. The normalized spacial score (nSPS) is 31.6. The minimum atomic E-state index is -4.47. The molecule has 1 aliphatic carbocycles. The Labute approximate surface area is 162 Å². The van der Waals surface area contributed by atoms with E-state index in [2.05, 4.69) is 4.90 Å². The quantitative estimate of drug-likeness (QED) is 0.830. The molecule has 1 saturated carbocycles. The maximum absolute atomic E-state index is 12.9. The molecule has 1 amide bonds. The summed E-state index contributed by atoms with van der Waals surface area (Å²) in [4.78, 5) is 16.7. The van der Waals surface area contributed by atoms with Crippen LogP contribution >= 0.6 is 0 Å². The number of amides is 1. The number of hydrogen-bond acceptors (Lipinski definition) is 4. The first kappa shape index (κ1) is 19.7. The van der Waals surface area contributed by atoms with Gasteiger partial charge in [0.05, 0.1) is 24.9 Å². The van der Waals surface area contributed by atoms with Crippen LogP contribution in [0.1, 0.15) is 28.8 Å². The molecule has 0 aromatic heterocycles. The van der Waals surface area contributed by atoms with Crippen LogP contribution in [0, 0.1) is 11.8 Å². The van der Waals surface area contributed by atoms with Crippen molar-refractivity contribution in [2.45, 2.75) is 31.2 Å². The van der Waals surface area contributed by atoms with Gasteiger partial charge in [0.2, 0.25) is 0 Å². The average Bonchev–Trinajstić information content (AvgIpc) is 3.09. The summed E-state index contributed by atoms with van der Waals surface area (Å²) in [5, 5.41) is 10.6. The van der Waals surface area contributed by atoms with Crippen molar-refractivity contribution in [2.75, 3.05) is 39.4 Å². The fraction of sp³-hybridized carbons (Fsp3) is 0.650. The van der Waals surface area contributed by atoms with Crippen molar-refractivity contribution in [1.29, 1.82) is 0 Å². The molecular formula is C20H25F3N2O3. The molecule has 2 heterocycles. The molecule has 0 radical (unpaired) electrons. The molecule has 0 spiro atoms. The van der Waals surface area contributed by atoms with Crippen LogP contribution in [0.3, 0.4) is 0 Å². The van der Waals surface area contributed by atoms with Gasteiger partial charge in [0.25, 0.3) is 5.91 Å². The van der Waals surface area contributed by atoms with Crippen LogP contribution < -0.4 is 0 Å². The molecule has 2 saturated heterocycles. The van der Waals surface area contributed by atoms with Gasteiger partial charge in [-0.05, 0) is 42.9 Å². The Balaban J connectivity index is 1.44. The standard InChI is InChI=1S/C20H25F3N2O3/c21-20(22,23)16-3-1-2-13(8-16)19(27)25-11-14-9-17(18(26)10-15(14)12-25)24-4-6-28-7-5-24/h1-3,8,14-15,17-18,26H,4-7,9-12H2/t14-,15+,17-,18-/m1/s1. The third-order valence-corrected chi connectivity index (χ3v) is 6.35. The zero-order chi connectivity index (χ0) is 19.9. The van der Waals surface area contributed by atoms with E-state index in [1.54, 1.807) is 4.90 Å². The van der Waals surface area contributed by atoms with Gasteiger partial charge in [-0.15, -0.1) is 0 Å². The molecule has 154 valence electrons. The highest BCUT2D eigenvalue weighted by molar-refractivity contribution is 5.94. The van der Waals surface area contributed by atoms with E-state index in [1.807, 2.05) is 0 Å². The van der Waals surface area contributed by atoms with Gasteiger partial charge in [0.1, 0.15) is 0 Å². The molecule has 8 heteroatoms. The number of likely N-dealkylation sites (tertiary alicyclic amines) is 1. The lowest BCUT2D eigenvalue weighted by Crippen LogP contribution is -2.53. The van der Waals surface area contributed by atoms with Gasteiger partial charge in [0, 0.05) is 37.8 Å². The van der Waals surface area contributed by atoms with Crippen molar-refractivity contribution < 1.29 is 27.8 Å². The summed E-state index contributed by atoms with van der Waals surface area (Å²) in [6.45, 7) is 3.95. The molecule has 1 N–H and O–H groups in total. The van der Waals surface area contributed by atoms with Gasteiger partial charge in [0.15, 0.2) is 0 Å². The topological polar surface area (TPSA) is 53.0 Å². The van der Waals surface area contributed by atoms with Gasteiger partial charge in [-0.25, -0.2) is 0 Å². The van der Waals surface area contributed by atoms with Crippen LogP contribution in [-0.2, 0) is 10.9 Å². The Morgan fingerprint density at radius 2 is 1.79 bits per heavy atom. The van der Waals surface area contributed by atoms with Crippen molar-refractivity contribution in [3.8, 4) is 0 Å². The summed E-state index contributed by atoms with van der Waals surface area (Å²) in [5.41, 5.74) is -0.739. The first-order chi connectivity index (χ1) is 13.3. The van der Waals surface area contributed by atoms with Gasteiger partial charge in [-0.3, -0.25) is 9.69 Å². The maximum Gasteiger partial charge on any atom is 0.416 e. The van der Waals surface area contributed by atoms with Crippen LogP contribution in [0.4, 0.5) is 13.2 Å². The number of benzene rings is 1. The Morgan fingerprint density at radius 1 is 1.11 bits per heavy atom. The van der Waals surface area contributed by atoms with Crippen molar-refractivity contribution in [2.24, 2.45) is 11.8 Å². The Bertz CT molecular complexity index is 721. The van der Waals surface area contributed by atoms with E-state index in [0.717, 1.165) is 31.6 Å². The SMILES string of the molecule is O=C(c1cccc(C(F)(F)F)c1)N1C[C@H]2C[C@@H](N3CCOCC3)[C@H](O)C[C@H]2C1. The highest BCUT2D eigenvalue weighted by atomic mass is 19.4. The van der Waals surface area contributed by atoms with E-state index in [9.17, 15) is 23.1 Å². The Hall–Kier alpha value is -1.64.